The van der Waals surface area contributed by atoms with Gasteiger partial charge in [-0.05, 0) is 50.6 Å². The number of rotatable bonds is 3. The van der Waals surface area contributed by atoms with E-state index in [-0.39, 0.29) is 0 Å². The number of amides is 1. The Morgan fingerprint density at radius 3 is 2.03 bits per heavy atom. The summed E-state index contributed by atoms with van der Waals surface area (Å²) in [7, 11) is 0. The smallest absolute Gasteiger partial charge is 0.259 e. The summed E-state index contributed by atoms with van der Waals surface area (Å²) in [6.07, 6.45) is 0. The number of anilines is 1. The van der Waals surface area contributed by atoms with Crippen LogP contribution in [-0.4, -0.2) is 57.0 Å². The van der Waals surface area contributed by atoms with Gasteiger partial charge in [0.25, 0.3) is 5.91 Å². The first kappa shape index (κ1) is 19.9. The first-order valence-electron chi connectivity index (χ1n) is 9.72. The number of piperazine rings is 1. The highest BCUT2D eigenvalue weighted by atomic mass is 19.1. The molecule has 1 saturated heterocycles. The van der Waals surface area contributed by atoms with E-state index in [0.29, 0.717) is 37.8 Å². The van der Waals surface area contributed by atoms with Crippen molar-refractivity contribution in [2.24, 2.45) is 0 Å². The standard InChI is InChI=1S/C21H22F2N6O/c1-13-14(2)26-29(15(13)3)19-8-7-18(24-25-19)27-9-11-28(12-10-27)21(30)20-16(22)5-4-6-17(20)23/h4-8H,9-12H2,1-3H3. The summed E-state index contributed by atoms with van der Waals surface area (Å²) >= 11 is 0. The minimum Gasteiger partial charge on any atom is -0.352 e. The van der Waals surface area contributed by atoms with Crippen LogP contribution in [-0.2, 0) is 0 Å². The van der Waals surface area contributed by atoms with E-state index >= 15 is 0 Å². The first-order valence-corrected chi connectivity index (χ1v) is 9.72. The van der Waals surface area contributed by atoms with Gasteiger partial charge < -0.3 is 9.80 Å². The Hall–Kier alpha value is -3.36. The Morgan fingerprint density at radius 2 is 1.50 bits per heavy atom. The lowest BCUT2D eigenvalue weighted by atomic mass is 10.1. The van der Waals surface area contributed by atoms with E-state index in [1.54, 1.807) is 4.68 Å². The Kier molecular flexibility index (Phi) is 5.19. The number of benzene rings is 1. The lowest BCUT2D eigenvalue weighted by molar-refractivity contribution is 0.0736. The van der Waals surface area contributed by atoms with Crippen LogP contribution < -0.4 is 4.90 Å². The van der Waals surface area contributed by atoms with Crippen LogP contribution >= 0.6 is 0 Å². The van der Waals surface area contributed by atoms with Gasteiger partial charge in [-0.25, -0.2) is 13.5 Å². The number of nitrogens with zero attached hydrogens (tertiary/aromatic N) is 6. The topological polar surface area (TPSA) is 67.2 Å². The zero-order valence-electron chi connectivity index (χ0n) is 17.1. The molecule has 0 aliphatic carbocycles. The molecule has 0 N–H and O–H groups in total. The molecule has 1 aliphatic heterocycles. The van der Waals surface area contributed by atoms with Gasteiger partial charge in [0.2, 0.25) is 0 Å². The van der Waals surface area contributed by atoms with Crippen molar-refractivity contribution in [3.8, 4) is 5.82 Å². The molecular weight excluding hydrogens is 390 g/mol. The highest BCUT2D eigenvalue weighted by Crippen LogP contribution is 2.20. The van der Waals surface area contributed by atoms with Gasteiger partial charge in [0, 0.05) is 31.9 Å². The molecular formula is C21H22F2N6O. The summed E-state index contributed by atoms with van der Waals surface area (Å²) in [5.41, 5.74) is 2.58. The normalized spacial score (nSPS) is 14.3. The summed E-state index contributed by atoms with van der Waals surface area (Å²) in [5, 5.41) is 13.1. The van der Waals surface area contributed by atoms with E-state index < -0.39 is 23.1 Å². The fourth-order valence-corrected chi connectivity index (χ4v) is 3.54. The van der Waals surface area contributed by atoms with Crippen molar-refractivity contribution in [3.05, 3.63) is 64.5 Å². The molecule has 2 aromatic heterocycles. The lowest BCUT2D eigenvalue weighted by Crippen LogP contribution is -2.49. The number of carbonyl (C=O) groups excluding carboxylic acids is 1. The third kappa shape index (κ3) is 3.51. The molecule has 30 heavy (non-hydrogen) atoms. The van der Waals surface area contributed by atoms with Crippen LogP contribution in [0.5, 0.6) is 0 Å². The molecule has 3 heterocycles. The zero-order chi connectivity index (χ0) is 21.4. The van der Waals surface area contributed by atoms with Gasteiger partial charge >= 0.3 is 0 Å². The maximum absolute atomic E-state index is 13.9. The van der Waals surface area contributed by atoms with E-state index in [9.17, 15) is 13.6 Å². The molecule has 156 valence electrons. The zero-order valence-corrected chi connectivity index (χ0v) is 17.1. The molecule has 1 amide bonds. The average molecular weight is 412 g/mol. The van der Waals surface area contributed by atoms with E-state index in [0.717, 1.165) is 29.1 Å². The molecule has 0 saturated carbocycles. The van der Waals surface area contributed by atoms with Gasteiger partial charge in [-0.1, -0.05) is 6.07 Å². The molecule has 9 heteroatoms. The molecule has 4 rings (SSSR count). The monoisotopic (exact) mass is 412 g/mol. The van der Waals surface area contributed by atoms with Crippen LogP contribution in [0, 0.1) is 32.4 Å². The molecule has 1 fully saturated rings. The fourth-order valence-electron chi connectivity index (χ4n) is 3.54. The van der Waals surface area contributed by atoms with Crippen molar-refractivity contribution in [1.82, 2.24) is 24.9 Å². The number of aryl methyl sites for hydroxylation is 1. The van der Waals surface area contributed by atoms with Crippen LogP contribution in [0.15, 0.2) is 30.3 Å². The number of halogens is 2. The summed E-state index contributed by atoms with van der Waals surface area (Å²) < 4.78 is 29.6. The maximum Gasteiger partial charge on any atom is 0.259 e. The van der Waals surface area contributed by atoms with Gasteiger partial charge in [0.15, 0.2) is 11.6 Å². The Bertz CT molecular complexity index is 1070. The van der Waals surface area contributed by atoms with Gasteiger partial charge in [0.1, 0.15) is 17.2 Å². The van der Waals surface area contributed by atoms with Gasteiger partial charge in [0.05, 0.1) is 5.69 Å². The summed E-state index contributed by atoms with van der Waals surface area (Å²) in [5.74, 6) is -1.00. The molecule has 0 atom stereocenters. The van der Waals surface area contributed by atoms with Crippen molar-refractivity contribution < 1.29 is 13.6 Å². The maximum atomic E-state index is 13.9. The van der Waals surface area contributed by atoms with Crippen molar-refractivity contribution in [2.45, 2.75) is 20.8 Å². The molecule has 0 unspecified atom stereocenters. The van der Waals surface area contributed by atoms with E-state index in [1.807, 2.05) is 37.8 Å². The number of aromatic nitrogens is 4. The Morgan fingerprint density at radius 1 is 0.900 bits per heavy atom. The predicted octanol–water partition coefficient (Wildman–Crippen LogP) is 2.83. The SMILES string of the molecule is Cc1nn(-c2ccc(N3CCN(C(=O)c4c(F)cccc4F)CC3)nn2)c(C)c1C. The molecule has 1 aliphatic rings. The minimum atomic E-state index is -0.844. The van der Waals surface area contributed by atoms with Crippen LogP contribution in [0.4, 0.5) is 14.6 Å². The summed E-state index contributed by atoms with van der Waals surface area (Å²) in [6.45, 7) is 7.63. The summed E-state index contributed by atoms with van der Waals surface area (Å²) in [6, 6.07) is 7.15. The van der Waals surface area contributed by atoms with Gasteiger partial charge in [-0.3, -0.25) is 4.79 Å². The van der Waals surface area contributed by atoms with Crippen LogP contribution in [0.2, 0.25) is 0 Å². The predicted molar refractivity (Wildman–Crippen MR) is 108 cm³/mol. The van der Waals surface area contributed by atoms with Crippen LogP contribution in [0.25, 0.3) is 5.82 Å². The van der Waals surface area contributed by atoms with E-state index in [1.165, 1.54) is 11.0 Å². The molecule has 3 aromatic rings. The molecule has 1 aromatic carbocycles. The van der Waals surface area contributed by atoms with Gasteiger partial charge in [-0.2, -0.15) is 5.10 Å². The van der Waals surface area contributed by atoms with E-state index in [2.05, 4.69) is 15.3 Å². The molecule has 0 radical (unpaired) electrons. The number of hydrogen-bond donors (Lipinski definition) is 0. The van der Waals surface area contributed by atoms with Crippen LogP contribution in [0.3, 0.4) is 0 Å². The second-order valence-electron chi connectivity index (χ2n) is 7.33. The highest BCUT2D eigenvalue weighted by molar-refractivity contribution is 5.95. The quantitative estimate of drug-likeness (QED) is 0.662. The third-order valence-electron chi connectivity index (χ3n) is 5.57. The second kappa shape index (κ2) is 7.81. The van der Waals surface area contributed by atoms with Gasteiger partial charge in [-0.15, -0.1) is 10.2 Å². The molecule has 0 bridgehead atoms. The first-order chi connectivity index (χ1) is 14.4. The van der Waals surface area contributed by atoms with Crippen molar-refractivity contribution >= 4 is 11.7 Å². The van der Waals surface area contributed by atoms with Crippen molar-refractivity contribution in [1.29, 1.82) is 0 Å². The highest BCUT2D eigenvalue weighted by Gasteiger charge is 2.27. The van der Waals surface area contributed by atoms with E-state index in [4.69, 9.17) is 0 Å². The van der Waals surface area contributed by atoms with Crippen molar-refractivity contribution in [3.63, 3.8) is 0 Å². The van der Waals surface area contributed by atoms with Crippen molar-refractivity contribution in [2.75, 3.05) is 31.1 Å². The Labute approximate surface area is 172 Å². The van der Waals surface area contributed by atoms with Crippen LogP contribution in [0.1, 0.15) is 27.3 Å². The average Bonchev–Trinajstić information content (AvgIpc) is 3.01. The molecule has 7 nitrogen and oxygen atoms in total. The number of hydrogen-bond acceptors (Lipinski definition) is 5. The Balaban J connectivity index is 1.44. The largest absolute Gasteiger partial charge is 0.352 e. The number of carbonyl (C=O) groups is 1. The third-order valence-corrected chi connectivity index (χ3v) is 5.57. The fraction of sp³-hybridized carbons (Fsp3) is 0.333. The second-order valence-corrected chi connectivity index (χ2v) is 7.33. The summed E-state index contributed by atoms with van der Waals surface area (Å²) in [4.78, 5) is 16.0. The lowest BCUT2D eigenvalue weighted by Gasteiger charge is -2.35. The molecule has 0 spiro atoms. The minimum absolute atomic E-state index is 0.340.